The molecular weight excluding hydrogens is 289 g/mol. The van der Waals surface area contributed by atoms with Crippen molar-refractivity contribution in [3.63, 3.8) is 0 Å². The zero-order chi connectivity index (χ0) is 12.7. The molecule has 0 spiro atoms. The van der Waals surface area contributed by atoms with Crippen LogP contribution in [0.4, 0.5) is 13.2 Å². The third-order valence-corrected chi connectivity index (χ3v) is 2.41. The summed E-state index contributed by atoms with van der Waals surface area (Å²) in [5.74, 6) is -1.90. The van der Waals surface area contributed by atoms with E-state index in [1.54, 1.807) is 20.8 Å². The van der Waals surface area contributed by atoms with Crippen LogP contribution >= 0.6 is 15.9 Å². The number of aromatic nitrogens is 2. The fraction of sp³-hybridized carbons (Fsp3) is 0.556. The lowest BCUT2D eigenvalue weighted by Crippen LogP contribution is -2.32. The van der Waals surface area contributed by atoms with E-state index < -0.39 is 23.2 Å². The number of hydrogen-bond acceptors (Lipinski definition) is 2. The van der Waals surface area contributed by atoms with Crippen molar-refractivity contribution in [3.05, 3.63) is 16.4 Å². The third-order valence-electron chi connectivity index (χ3n) is 1.83. The predicted octanol–water partition coefficient (Wildman–Crippen LogP) is 3.15. The Kier molecular flexibility index (Phi) is 3.20. The molecule has 3 nitrogen and oxygen atoms in total. The van der Waals surface area contributed by atoms with Crippen LogP contribution < -0.4 is 0 Å². The molecule has 0 aromatic carbocycles. The van der Waals surface area contributed by atoms with E-state index >= 15 is 0 Å². The number of carbonyl (C=O) groups excluding carboxylic acids is 1. The summed E-state index contributed by atoms with van der Waals surface area (Å²) in [7, 11) is 0. The fourth-order valence-corrected chi connectivity index (χ4v) is 1.62. The van der Waals surface area contributed by atoms with Gasteiger partial charge < -0.3 is 0 Å². The smallest absolute Gasteiger partial charge is 0.282 e. The Morgan fingerprint density at radius 2 is 1.88 bits per heavy atom. The average molecular weight is 299 g/mol. The van der Waals surface area contributed by atoms with Crippen LogP contribution in [0.1, 0.15) is 31.3 Å². The summed E-state index contributed by atoms with van der Waals surface area (Å²) in [6.45, 7) is 5.00. The molecule has 16 heavy (non-hydrogen) atoms. The van der Waals surface area contributed by atoms with Crippen molar-refractivity contribution in [2.75, 3.05) is 0 Å². The van der Waals surface area contributed by atoms with E-state index in [-0.39, 0.29) is 4.47 Å². The Morgan fingerprint density at radius 3 is 2.25 bits per heavy atom. The normalized spacial score (nSPS) is 12.9. The monoisotopic (exact) mass is 298 g/mol. The Balaban J connectivity index is 3.34. The Labute approximate surface area is 98.8 Å². The van der Waals surface area contributed by atoms with Gasteiger partial charge in [-0.25, -0.2) is 0 Å². The van der Waals surface area contributed by atoms with Gasteiger partial charge in [0.15, 0.2) is 0 Å². The molecule has 0 aliphatic carbocycles. The molecule has 1 aromatic heterocycles. The number of alkyl halides is 3. The summed E-state index contributed by atoms with van der Waals surface area (Å²) in [5, 5.41) is 3.77. The minimum Gasteiger partial charge on any atom is -0.282 e. The second-order valence-corrected chi connectivity index (χ2v) is 5.10. The summed E-state index contributed by atoms with van der Waals surface area (Å²) in [6, 6.07) is 0. The first kappa shape index (κ1) is 13.2. The van der Waals surface area contributed by atoms with E-state index in [9.17, 15) is 18.0 Å². The lowest BCUT2D eigenvalue weighted by Gasteiger charge is -2.22. The van der Waals surface area contributed by atoms with Gasteiger partial charge in [-0.3, -0.25) is 9.48 Å². The second kappa shape index (κ2) is 3.87. The van der Waals surface area contributed by atoms with Gasteiger partial charge in [-0.2, -0.15) is 18.3 Å². The van der Waals surface area contributed by atoms with Gasteiger partial charge in [-0.15, -0.1) is 0 Å². The molecular formula is C9H10BrF3N2O. The van der Waals surface area contributed by atoms with Gasteiger partial charge in [0.05, 0.1) is 16.2 Å². The van der Waals surface area contributed by atoms with Crippen LogP contribution in [-0.2, 0) is 5.54 Å². The predicted molar refractivity (Wildman–Crippen MR) is 55.3 cm³/mol. The molecule has 90 valence electrons. The van der Waals surface area contributed by atoms with Crippen LogP contribution in [0, 0.1) is 0 Å². The number of Topliss-reactive ketones (excluding diaryl/α,β-unsaturated/α-hetero) is 1. The zero-order valence-electron chi connectivity index (χ0n) is 8.89. The van der Waals surface area contributed by atoms with Crippen molar-refractivity contribution in [3.8, 4) is 0 Å². The Bertz CT molecular complexity index is 417. The minimum absolute atomic E-state index is 0.0461. The Hall–Kier alpha value is -0.850. The highest BCUT2D eigenvalue weighted by Gasteiger charge is 2.43. The lowest BCUT2D eigenvalue weighted by atomic mass is 10.1. The summed E-state index contributed by atoms with van der Waals surface area (Å²) < 4.78 is 38.2. The molecule has 0 saturated heterocycles. The lowest BCUT2D eigenvalue weighted by molar-refractivity contribution is -0.0893. The molecule has 1 heterocycles. The van der Waals surface area contributed by atoms with E-state index in [0.29, 0.717) is 0 Å². The molecule has 1 rings (SSSR count). The van der Waals surface area contributed by atoms with Crippen molar-refractivity contribution >= 4 is 21.7 Å². The molecule has 0 amide bonds. The highest BCUT2D eigenvalue weighted by Crippen LogP contribution is 2.29. The molecule has 0 aliphatic rings. The van der Waals surface area contributed by atoms with E-state index in [1.165, 1.54) is 6.20 Å². The molecule has 0 aliphatic heterocycles. The number of ketones is 1. The molecule has 0 saturated carbocycles. The minimum atomic E-state index is -4.90. The summed E-state index contributed by atoms with van der Waals surface area (Å²) in [4.78, 5) is 11.2. The van der Waals surface area contributed by atoms with Crippen LogP contribution in [-0.4, -0.2) is 21.7 Å². The number of nitrogens with zero attached hydrogens (tertiary/aromatic N) is 2. The molecule has 0 bridgehead atoms. The van der Waals surface area contributed by atoms with E-state index in [0.717, 1.165) is 4.68 Å². The summed E-state index contributed by atoms with van der Waals surface area (Å²) >= 11 is 2.90. The first-order chi connectivity index (χ1) is 7.05. The van der Waals surface area contributed by atoms with Gasteiger partial charge >= 0.3 is 6.18 Å². The van der Waals surface area contributed by atoms with Gasteiger partial charge in [-0.05, 0) is 36.7 Å². The molecule has 0 fully saturated rings. The van der Waals surface area contributed by atoms with E-state index in [2.05, 4.69) is 21.0 Å². The average Bonchev–Trinajstić information content (AvgIpc) is 2.43. The van der Waals surface area contributed by atoms with Crippen LogP contribution in [0.2, 0.25) is 0 Å². The number of carbonyl (C=O) groups is 1. The highest BCUT2D eigenvalue weighted by molar-refractivity contribution is 9.10. The van der Waals surface area contributed by atoms with Crippen molar-refractivity contribution in [2.24, 2.45) is 0 Å². The first-order valence-electron chi connectivity index (χ1n) is 4.40. The highest BCUT2D eigenvalue weighted by atomic mass is 79.9. The third kappa shape index (κ3) is 2.45. The van der Waals surface area contributed by atoms with Gasteiger partial charge in [0.2, 0.25) is 0 Å². The molecule has 1 aromatic rings. The van der Waals surface area contributed by atoms with Crippen molar-refractivity contribution in [2.45, 2.75) is 32.5 Å². The number of rotatable bonds is 1. The SMILES string of the molecule is CC(C)(C)n1ncc(Br)c1C(=O)C(F)(F)F. The molecule has 0 radical (unpaired) electrons. The van der Waals surface area contributed by atoms with Crippen LogP contribution in [0.3, 0.4) is 0 Å². The van der Waals surface area contributed by atoms with Crippen molar-refractivity contribution in [1.82, 2.24) is 9.78 Å². The van der Waals surface area contributed by atoms with Gasteiger partial charge in [-0.1, -0.05) is 0 Å². The van der Waals surface area contributed by atoms with Gasteiger partial charge in [0.25, 0.3) is 5.78 Å². The Morgan fingerprint density at radius 1 is 1.38 bits per heavy atom. The van der Waals surface area contributed by atoms with Gasteiger partial charge in [0, 0.05) is 0 Å². The standard InChI is InChI=1S/C9H10BrF3N2O/c1-8(2,3)15-6(5(10)4-14-15)7(16)9(11,12)13/h4H,1-3H3. The first-order valence-corrected chi connectivity index (χ1v) is 5.20. The summed E-state index contributed by atoms with van der Waals surface area (Å²) in [5.41, 5.74) is -1.16. The van der Waals surface area contributed by atoms with Crippen molar-refractivity contribution in [1.29, 1.82) is 0 Å². The van der Waals surface area contributed by atoms with Crippen LogP contribution in [0.5, 0.6) is 0 Å². The van der Waals surface area contributed by atoms with E-state index in [1.807, 2.05) is 0 Å². The maximum absolute atomic E-state index is 12.3. The molecule has 0 atom stereocenters. The molecule has 0 N–H and O–H groups in total. The molecule has 7 heteroatoms. The largest absolute Gasteiger partial charge is 0.456 e. The fourth-order valence-electron chi connectivity index (χ4n) is 1.18. The maximum Gasteiger partial charge on any atom is 0.456 e. The second-order valence-electron chi connectivity index (χ2n) is 4.25. The topological polar surface area (TPSA) is 34.9 Å². The van der Waals surface area contributed by atoms with E-state index in [4.69, 9.17) is 0 Å². The number of halogens is 4. The summed E-state index contributed by atoms with van der Waals surface area (Å²) in [6.07, 6.45) is -3.71. The zero-order valence-corrected chi connectivity index (χ0v) is 10.5. The van der Waals surface area contributed by atoms with Crippen LogP contribution in [0.15, 0.2) is 10.7 Å². The van der Waals surface area contributed by atoms with Crippen molar-refractivity contribution < 1.29 is 18.0 Å². The maximum atomic E-state index is 12.3. The van der Waals surface area contributed by atoms with Crippen LogP contribution in [0.25, 0.3) is 0 Å². The molecule has 0 unspecified atom stereocenters. The quantitative estimate of drug-likeness (QED) is 0.747. The number of hydrogen-bond donors (Lipinski definition) is 0. The van der Waals surface area contributed by atoms with Gasteiger partial charge in [0.1, 0.15) is 5.69 Å².